The molecule has 1 heterocycles. The average molecular weight is 277 g/mol. The molecule has 0 fully saturated rings. The largest absolute Gasteiger partial charge is 1.00 e. The Balaban J connectivity index is 0.00000324. The molecular formula is C11H8B2KN2O3-. The van der Waals surface area contributed by atoms with Gasteiger partial charge in [-0.1, -0.05) is 11.6 Å². The monoisotopic (exact) mass is 277 g/mol. The minimum atomic E-state index is -2.20. The topological polar surface area (TPSA) is 82.8 Å². The summed E-state index contributed by atoms with van der Waals surface area (Å²) in [5.74, 6) is -1.31. The van der Waals surface area contributed by atoms with E-state index < -0.39 is 11.4 Å². The minimum absolute atomic E-state index is 0. The fraction of sp³-hybridized carbons (Fsp3) is 0.0909. The molecule has 0 aromatic carbocycles. The van der Waals surface area contributed by atoms with Crippen LogP contribution in [0.4, 0.5) is 0 Å². The summed E-state index contributed by atoms with van der Waals surface area (Å²) < 4.78 is 0. The Kier molecular flexibility index (Phi) is 7.88. The van der Waals surface area contributed by atoms with Crippen LogP contribution < -0.4 is 51.4 Å². The molecule has 1 aromatic heterocycles. The Hall–Kier alpha value is -0.374. The number of aliphatic hydroxyl groups is 1. The normalized spacial score (nSPS) is 11.6. The molecule has 0 saturated carbocycles. The van der Waals surface area contributed by atoms with Crippen molar-refractivity contribution < 1.29 is 66.4 Å². The number of pyridine rings is 1. The Labute approximate surface area is 156 Å². The predicted molar refractivity (Wildman–Crippen MR) is 67.6 cm³/mol. The second-order valence-corrected chi connectivity index (χ2v) is 3.35. The van der Waals surface area contributed by atoms with E-state index in [1.807, 2.05) is 0 Å². The Morgan fingerprint density at radius 1 is 1.53 bits per heavy atom. The van der Waals surface area contributed by atoms with Crippen molar-refractivity contribution in [2.45, 2.75) is 5.40 Å². The van der Waals surface area contributed by atoms with E-state index in [9.17, 15) is 9.90 Å². The van der Waals surface area contributed by atoms with Crippen molar-refractivity contribution in [3.63, 3.8) is 0 Å². The van der Waals surface area contributed by atoms with Crippen LogP contribution in [0.5, 0.6) is 0 Å². The fourth-order valence-electron chi connectivity index (χ4n) is 1.09. The number of rotatable bonds is 4. The van der Waals surface area contributed by atoms with Gasteiger partial charge in [-0.05, 0) is 6.21 Å². The first-order valence-electron chi connectivity index (χ1n) is 4.81. The van der Waals surface area contributed by atoms with Gasteiger partial charge in [-0.3, -0.25) is 9.78 Å². The summed E-state index contributed by atoms with van der Waals surface area (Å²) >= 11 is 0. The van der Waals surface area contributed by atoms with E-state index in [-0.39, 0.29) is 68.3 Å². The SMILES string of the molecule is [B]C([B])(O)c1ccc([C-]=N/C=C\[CH2-])c(C(=O)O)n1.[K+]. The first-order valence-corrected chi connectivity index (χ1v) is 4.81. The molecule has 0 aliphatic heterocycles. The van der Waals surface area contributed by atoms with Crippen LogP contribution in [0, 0.1) is 6.92 Å². The summed E-state index contributed by atoms with van der Waals surface area (Å²) in [6.45, 7) is 3.41. The van der Waals surface area contributed by atoms with Crippen molar-refractivity contribution in [1.29, 1.82) is 0 Å². The van der Waals surface area contributed by atoms with E-state index in [2.05, 4.69) is 23.1 Å². The van der Waals surface area contributed by atoms with Crippen molar-refractivity contribution in [2.75, 3.05) is 0 Å². The molecule has 4 radical (unpaired) electrons. The van der Waals surface area contributed by atoms with Crippen LogP contribution in [0.15, 0.2) is 29.4 Å². The maximum absolute atomic E-state index is 11.0. The van der Waals surface area contributed by atoms with Crippen molar-refractivity contribution in [3.8, 4) is 0 Å². The van der Waals surface area contributed by atoms with Gasteiger partial charge >= 0.3 is 57.4 Å². The first kappa shape index (κ1) is 18.6. The summed E-state index contributed by atoms with van der Waals surface area (Å²) in [4.78, 5) is 18.3. The maximum Gasteiger partial charge on any atom is 1.00 e. The van der Waals surface area contributed by atoms with Gasteiger partial charge in [0.2, 0.25) is 0 Å². The Bertz CT molecular complexity index is 513. The standard InChI is InChI=1S/C11H8B2N2O3.K/c1-2-5-14-6-7-3-4-8(11(12,13)18)15-9(7)10(16)17;/h2-5,18H,1H2,(H,16,17);/q-2;+1/b5-2-;. The number of hydrogen-bond donors (Lipinski definition) is 2. The van der Waals surface area contributed by atoms with Gasteiger partial charge in [0.15, 0.2) is 0 Å². The zero-order chi connectivity index (χ0) is 13.8. The summed E-state index contributed by atoms with van der Waals surface area (Å²) in [7, 11) is 10.4. The van der Waals surface area contributed by atoms with Crippen LogP contribution in [0.2, 0.25) is 0 Å². The third kappa shape index (κ3) is 5.64. The van der Waals surface area contributed by atoms with Crippen LogP contribution >= 0.6 is 0 Å². The van der Waals surface area contributed by atoms with Crippen molar-refractivity contribution >= 4 is 27.9 Å². The molecule has 0 aliphatic rings. The van der Waals surface area contributed by atoms with E-state index in [4.69, 9.17) is 20.8 Å². The first-order chi connectivity index (χ1) is 8.36. The number of carboxylic acid groups (broad SMARTS) is 1. The van der Waals surface area contributed by atoms with Gasteiger partial charge in [-0.15, -0.1) is 12.3 Å². The van der Waals surface area contributed by atoms with E-state index >= 15 is 0 Å². The van der Waals surface area contributed by atoms with Crippen molar-refractivity contribution in [3.05, 3.63) is 48.3 Å². The number of carbonyl (C=O) groups is 1. The number of carboxylic acids is 1. The number of allylic oxidation sites excluding steroid dienone is 1. The van der Waals surface area contributed by atoms with Crippen LogP contribution in [0.25, 0.3) is 0 Å². The van der Waals surface area contributed by atoms with Crippen LogP contribution in [0.1, 0.15) is 21.7 Å². The number of nitrogens with zero attached hydrogens (tertiary/aromatic N) is 2. The van der Waals surface area contributed by atoms with Gasteiger partial charge in [0.1, 0.15) is 15.7 Å². The summed E-state index contributed by atoms with van der Waals surface area (Å²) in [6.07, 6.45) is 5.21. The molecule has 0 atom stereocenters. The molecule has 0 aliphatic carbocycles. The Morgan fingerprint density at radius 3 is 2.63 bits per heavy atom. The smallest absolute Gasteiger partial charge is 0.484 e. The zero-order valence-electron chi connectivity index (χ0n) is 10.4. The molecule has 0 bridgehead atoms. The molecule has 0 unspecified atom stereocenters. The molecule has 1 rings (SSSR count). The molecule has 88 valence electrons. The van der Waals surface area contributed by atoms with E-state index in [0.29, 0.717) is 0 Å². The number of aromatic carboxylic acids is 1. The average Bonchev–Trinajstić information content (AvgIpc) is 2.28. The zero-order valence-corrected chi connectivity index (χ0v) is 13.5. The van der Waals surface area contributed by atoms with Gasteiger partial charge in [0.25, 0.3) is 0 Å². The van der Waals surface area contributed by atoms with Gasteiger partial charge in [-0.25, -0.2) is 13.0 Å². The minimum Gasteiger partial charge on any atom is -0.484 e. The third-order valence-electron chi connectivity index (χ3n) is 1.87. The van der Waals surface area contributed by atoms with Gasteiger partial charge in [0, 0.05) is 11.1 Å². The van der Waals surface area contributed by atoms with Crippen molar-refractivity contribution in [2.24, 2.45) is 4.99 Å². The van der Waals surface area contributed by atoms with E-state index in [1.54, 1.807) is 0 Å². The second-order valence-electron chi connectivity index (χ2n) is 3.35. The molecule has 0 spiro atoms. The number of aliphatic imine (C=N–C) groups is 1. The van der Waals surface area contributed by atoms with E-state index in [1.165, 1.54) is 24.4 Å². The van der Waals surface area contributed by atoms with Gasteiger partial charge in [0.05, 0.1) is 5.69 Å². The maximum atomic E-state index is 11.0. The molecule has 0 amide bonds. The molecule has 0 saturated heterocycles. The molecule has 19 heavy (non-hydrogen) atoms. The molecule has 8 heteroatoms. The summed E-state index contributed by atoms with van der Waals surface area (Å²) in [5, 5.41) is 16.1. The summed E-state index contributed by atoms with van der Waals surface area (Å²) in [6, 6.07) is 2.63. The summed E-state index contributed by atoms with van der Waals surface area (Å²) in [5.41, 5.74) is -0.394. The third-order valence-corrected chi connectivity index (χ3v) is 1.87. The number of hydrogen-bond acceptors (Lipinski definition) is 4. The second kappa shape index (κ2) is 8.03. The molecule has 2 N–H and O–H groups in total. The van der Waals surface area contributed by atoms with Crippen LogP contribution in [-0.4, -0.2) is 43.1 Å². The van der Waals surface area contributed by atoms with Crippen molar-refractivity contribution in [1.82, 2.24) is 4.98 Å². The van der Waals surface area contributed by atoms with E-state index in [0.717, 1.165) is 0 Å². The number of aromatic nitrogens is 1. The van der Waals surface area contributed by atoms with Crippen LogP contribution in [0.3, 0.4) is 0 Å². The fourth-order valence-corrected chi connectivity index (χ4v) is 1.09. The van der Waals surface area contributed by atoms with Crippen LogP contribution in [-0.2, 0) is 5.40 Å². The molecule has 5 nitrogen and oxygen atoms in total. The van der Waals surface area contributed by atoms with Gasteiger partial charge < -0.3 is 15.2 Å². The molecule has 1 aromatic rings. The van der Waals surface area contributed by atoms with Gasteiger partial charge in [-0.2, -0.15) is 0 Å². The molecular weight excluding hydrogens is 269 g/mol. The predicted octanol–water partition coefficient (Wildman–Crippen LogP) is -3.13. The Morgan fingerprint density at radius 2 is 2.16 bits per heavy atom. The quantitative estimate of drug-likeness (QED) is 0.346.